The molecule has 1 aliphatic rings. The van der Waals surface area contributed by atoms with Crippen LogP contribution in [0.1, 0.15) is 36.2 Å². The zero-order valence-corrected chi connectivity index (χ0v) is 14.4. The van der Waals surface area contributed by atoms with Gasteiger partial charge in [-0.3, -0.25) is 4.79 Å². The molecule has 0 radical (unpaired) electrons. The number of benzene rings is 1. The van der Waals surface area contributed by atoms with Crippen molar-refractivity contribution in [3.63, 3.8) is 0 Å². The van der Waals surface area contributed by atoms with Crippen LogP contribution in [0.4, 0.5) is 0 Å². The lowest BCUT2D eigenvalue weighted by Gasteiger charge is -2.25. The van der Waals surface area contributed by atoms with Crippen molar-refractivity contribution in [3.8, 4) is 0 Å². The highest BCUT2D eigenvalue weighted by atomic mass is 35.5. The SMILES string of the molecule is Cc1nc(CSCC(=O)N2CCC[C@@H]2c2ccc(Cl)cc2)no1. The Balaban J connectivity index is 1.56. The number of hydrogen-bond acceptors (Lipinski definition) is 5. The van der Waals surface area contributed by atoms with Crippen LogP contribution in [-0.4, -0.2) is 33.2 Å². The van der Waals surface area contributed by atoms with Crippen molar-refractivity contribution in [3.05, 3.63) is 46.6 Å². The Labute approximate surface area is 144 Å². The number of rotatable bonds is 5. The number of carbonyl (C=O) groups excluding carboxylic acids is 1. The van der Waals surface area contributed by atoms with Crippen LogP contribution in [0.25, 0.3) is 0 Å². The lowest BCUT2D eigenvalue weighted by molar-refractivity contribution is -0.129. The Kier molecular flexibility index (Phi) is 5.23. The first-order chi connectivity index (χ1) is 11.1. The fraction of sp³-hybridized carbons (Fsp3) is 0.438. The van der Waals surface area contributed by atoms with Gasteiger partial charge in [0.1, 0.15) is 0 Å². The van der Waals surface area contributed by atoms with E-state index >= 15 is 0 Å². The Bertz CT molecular complexity index is 674. The highest BCUT2D eigenvalue weighted by Crippen LogP contribution is 2.33. The third kappa shape index (κ3) is 4.06. The van der Waals surface area contributed by atoms with Crippen LogP contribution < -0.4 is 0 Å². The van der Waals surface area contributed by atoms with E-state index in [2.05, 4.69) is 10.1 Å². The van der Waals surface area contributed by atoms with Crippen LogP contribution in [0.15, 0.2) is 28.8 Å². The summed E-state index contributed by atoms with van der Waals surface area (Å²) in [4.78, 5) is 18.6. The average molecular weight is 352 g/mol. The highest BCUT2D eigenvalue weighted by Gasteiger charge is 2.29. The van der Waals surface area contributed by atoms with E-state index in [0.29, 0.717) is 23.2 Å². The summed E-state index contributed by atoms with van der Waals surface area (Å²) in [6.45, 7) is 2.57. The molecule has 1 aromatic carbocycles. The van der Waals surface area contributed by atoms with E-state index in [4.69, 9.17) is 16.1 Å². The molecule has 122 valence electrons. The molecule has 7 heteroatoms. The molecule has 0 bridgehead atoms. The molecule has 1 aromatic heterocycles. The molecular weight excluding hydrogens is 334 g/mol. The molecule has 1 atom stereocenters. The lowest BCUT2D eigenvalue weighted by atomic mass is 10.0. The fourth-order valence-electron chi connectivity index (χ4n) is 2.81. The van der Waals surface area contributed by atoms with Crippen LogP contribution in [0.2, 0.25) is 5.02 Å². The van der Waals surface area contributed by atoms with E-state index in [9.17, 15) is 4.79 Å². The van der Waals surface area contributed by atoms with Gasteiger partial charge in [-0.2, -0.15) is 4.98 Å². The van der Waals surface area contributed by atoms with E-state index in [1.807, 2.05) is 29.2 Å². The summed E-state index contributed by atoms with van der Waals surface area (Å²) in [6.07, 6.45) is 2.04. The lowest BCUT2D eigenvalue weighted by Crippen LogP contribution is -2.32. The Morgan fingerprint density at radius 3 is 2.91 bits per heavy atom. The first-order valence-electron chi connectivity index (χ1n) is 7.55. The minimum atomic E-state index is 0.160. The summed E-state index contributed by atoms with van der Waals surface area (Å²) in [7, 11) is 0. The Hall–Kier alpha value is -1.53. The second-order valence-electron chi connectivity index (χ2n) is 5.52. The second kappa shape index (κ2) is 7.36. The Morgan fingerprint density at radius 2 is 2.22 bits per heavy atom. The van der Waals surface area contributed by atoms with Crippen molar-refractivity contribution in [2.75, 3.05) is 12.3 Å². The maximum atomic E-state index is 12.5. The number of hydrogen-bond donors (Lipinski definition) is 0. The topological polar surface area (TPSA) is 59.2 Å². The summed E-state index contributed by atoms with van der Waals surface area (Å²) in [6, 6.07) is 7.94. The molecule has 2 heterocycles. The number of carbonyl (C=O) groups is 1. The molecule has 1 fully saturated rings. The number of nitrogens with zero attached hydrogens (tertiary/aromatic N) is 3. The van der Waals surface area contributed by atoms with E-state index in [0.717, 1.165) is 30.0 Å². The van der Waals surface area contributed by atoms with Crippen LogP contribution in [-0.2, 0) is 10.5 Å². The van der Waals surface area contributed by atoms with E-state index in [1.165, 1.54) is 11.8 Å². The second-order valence-corrected chi connectivity index (χ2v) is 6.94. The highest BCUT2D eigenvalue weighted by molar-refractivity contribution is 7.99. The summed E-state index contributed by atoms with van der Waals surface area (Å²) in [5.74, 6) is 2.36. The van der Waals surface area contributed by atoms with Gasteiger partial charge in [0.2, 0.25) is 11.8 Å². The largest absolute Gasteiger partial charge is 0.340 e. The number of aryl methyl sites for hydroxylation is 1. The summed E-state index contributed by atoms with van der Waals surface area (Å²) >= 11 is 7.46. The van der Waals surface area contributed by atoms with Gasteiger partial charge in [-0.15, -0.1) is 11.8 Å². The van der Waals surface area contributed by atoms with Crippen LogP contribution in [0.3, 0.4) is 0 Å². The van der Waals surface area contributed by atoms with Crippen LogP contribution in [0.5, 0.6) is 0 Å². The van der Waals surface area contributed by atoms with Gasteiger partial charge in [-0.1, -0.05) is 28.9 Å². The van der Waals surface area contributed by atoms with E-state index < -0.39 is 0 Å². The van der Waals surface area contributed by atoms with Crippen molar-refractivity contribution in [1.82, 2.24) is 15.0 Å². The fourth-order valence-corrected chi connectivity index (χ4v) is 3.68. The quantitative estimate of drug-likeness (QED) is 0.823. The van der Waals surface area contributed by atoms with Gasteiger partial charge < -0.3 is 9.42 Å². The first kappa shape index (κ1) is 16.3. The molecule has 0 saturated carbocycles. The molecule has 3 rings (SSSR count). The molecule has 0 aliphatic carbocycles. The maximum Gasteiger partial charge on any atom is 0.233 e. The average Bonchev–Trinajstić information content (AvgIpc) is 3.17. The van der Waals surface area contributed by atoms with Crippen molar-refractivity contribution in [1.29, 1.82) is 0 Å². The van der Waals surface area contributed by atoms with Crippen LogP contribution >= 0.6 is 23.4 Å². The number of aromatic nitrogens is 2. The van der Waals surface area contributed by atoms with Gasteiger partial charge >= 0.3 is 0 Å². The summed E-state index contributed by atoms with van der Waals surface area (Å²) in [5.41, 5.74) is 1.15. The minimum absolute atomic E-state index is 0.160. The predicted molar refractivity (Wildman–Crippen MR) is 90.3 cm³/mol. The third-order valence-electron chi connectivity index (χ3n) is 3.85. The van der Waals surface area contributed by atoms with Gasteiger partial charge in [-0.05, 0) is 30.5 Å². The van der Waals surface area contributed by atoms with E-state index in [-0.39, 0.29) is 11.9 Å². The zero-order valence-electron chi connectivity index (χ0n) is 12.9. The van der Waals surface area contributed by atoms with Crippen LogP contribution in [0, 0.1) is 6.92 Å². The summed E-state index contributed by atoms with van der Waals surface area (Å²) < 4.78 is 4.93. The molecule has 0 N–H and O–H groups in total. The normalized spacial score (nSPS) is 17.7. The smallest absolute Gasteiger partial charge is 0.233 e. The zero-order chi connectivity index (χ0) is 16.2. The summed E-state index contributed by atoms with van der Waals surface area (Å²) in [5, 5.41) is 4.55. The number of halogens is 1. The van der Waals surface area contributed by atoms with Crippen molar-refractivity contribution in [2.24, 2.45) is 0 Å². The van der Waals surface area contributed by atoms with Crippen molar-refractivity contribution >= 4 is 29.3 Å². The van der Waals surface area contributed by atoms with Gasteiger partial charge in [0.15, 0.2) is 5.82 Å². The van der Waals surface area contributed by atoms with E-state index in [1.54, 1.807) is 6.92 Å². The van der Waals surface area contributed by atoms with Crippen molar-refractivity contribution in [2.45, 2.75) is 31.6 Å². The molecule has 5 nitrogen and oxygen atoms in total. The van der Waals surface area contributed by atoms with Crippen molar-refractivity contribution < 1.29 is 9.32 Å². The molecule has 2 aromatic rings. The van der Waals surface area contributed by atoms with Gasteiger partial charge in [-0.25, -0.2) is 0 Å². The van der Waals surface area contributed by atoms with Gasteiger partial charge in [0, 0.05) is 18.5 Å². The standard InChI is InChI=1S/C16H18ClN3O2S/c1-11-18-15(19-22-11)9-23-10-16(21)20-8-2-3-14(20)12-4-6-13(17)7-5-12/h4-7,14H,2-3,8-10H2,1H3/t14-/m1/s1. The number of thioether (sulfide) groups is 1. The molecule has 1 aliphatic heterocycles. The third-order valence-corrected chi connectivity index (χ3v) is 5.02. The number of amides is 1. The Morgan fingerprint density at radius 1 is 1.43 bits per heavy atom. The molecular formula is C16H18ClN3O2S. The monoisotopic (exact) mass is 351 g/mol. The maximum absolute atomic E-state index is 12.5. The number of likely N-dealkylation sites (tertiary alicyclic amines) is 1. The predicted octanol–water partition coefficient (Wildman–Crippen LogP) is 3.63. The first-order valence-corrected chi connectivity index (χ1v) is 9.08. The molecule has 1 amide bonds. The molecule has 0 unspecified atom stereocenters. The molecule has 0 spiro atoms. The van der Waals surface area contributed by atoms with Gasteiger partial charge in [0.05, 0.1) is 17.5 Å². The minimum Gasteiger partial charge on any atom is -0.340 e. The molecule has 23 heavy (non-hydrogen) atoms. The molecule has 1 saturated heterocycles. The van der Waals surface area contributed by atoms with Gasteiger partial charge in [0.25, 0.3) is 0 Å².